The monoisotopic (exact) mass is 678 g/mol. The van der Waals surface area contributed by atoms with Crippen LogP contribution >= 0.6 is 23.2 Å². The van der Waals surface area contributed by atoms with E-state index in [0.717, 1.165) is 25.0 Å². The number of amides is 1. The van der Waals surface area contributed by atoms with Crippen molar-refractivity contribution in [2.45, 2.75) is 50.3 Å². The van der Waals surface area contributed by atoms with Crippen molar-refractivity contribution in [3.8, 4) is 45.4 Å². The smallest absolute Gasteiger partial charge is 0.237 e. The van der Waals surface area contributed by atoms with Crippen LogP contribution in [0.5, 0.6) is 11.8 Å². The third-order valence-corrected chi connectivity index (χ3v) is 9.42. The lowest BCUT2D eigenvalue weighted by Gasteiger charge is -2.45. The highest BCUT2D eigenvalue weighted by Crippen LogP contribution is 2.42. The highest BCUT2D eigenvalue weighted by Gasteiger charge is 2.41. The van der Waals surface area contributed by atoms with E-state index in [1.165, 1.54) is 7.11 Å². The summed E-state index contributed by atoms with van der Waals surface area (Å²) >= 11 is 14.1. The number of hydrogen-bond acceptors (Lipinski definition) is 10. The summed E-state index contributed by atoms with van der Waals surface area (Å²) in [5.74, 6) is 0.907. The van der Waals surface area contributed by atoms with Crippen LogP contribution in [-0.2, 0) is 17.8 Å². The van der Waals surface area contributed by atoms with E-state index >= 15 is 0 Å². The molecule has 0 spiro atoms. The van der Waals surface area contributed by atoms with Crippen molar-refractivity contribution in [2.75, 3.05) is 33.9 Å². The molecule has 0 bridgehead atoms. The number of nitrogens with one attached hydrogen (secondary N) is 1. The van der Waals surface area contributed by atoms with E-state index in [4.69, 9.17) is 42.6 Å². The highest BCUT2D eigenvalue weighted by atomic mass is 35.5. The second-order valence-corrected chi connectivity index (χ2v) is 12.7. The molecule has 2 saturated heterocycles. The molecule has 1 amide bonds. The first-order valence-electron chi connectivity index (χ1n) is 15.4. The quantitative estimate of drug-likeness (QED) is 0.192. The molecule has 246 valence electrons. The summed E-state index contributed by atoms with van der Waals surface area (Å²) in [6, 6.07) is 11.5. The molecule has 2 aromatic carbocycles. The molecule has 4 heterocycles. The predicted octanol–water partition coefficient (Wildman–Crippen LogP) is 4.73. The molecular weight excluding hydrogens is 643 g/mol. The van der Waals surface area contributed by atoms with Gasteiger partial charge < -0.3 is 25.0 Å². The number of rotatable bonds is 12. The number of benzene rings is 2. The minimum atomic E-state index is -1.08. The molecule has 13 heteroatoms. The number of aromatic nitrogens is 4. The summed E-state index contributed by atoms with van der Waals surface area (Å²) in [6.45, 7) is 0.817. The van der Waals surface area contributed by atoms with Gasteiger partial charge in [-0.1, -0.05) is 59.6 Å². The zero-order valence-corrected chi connectivity index (χ0v) is 27.7. The summed E-state index contributed by atoms with van der Waals surface area (Å²) in [6.07, 6.45) is 7.22. The van der Waals surface area contributed by atoms with Crippen LogP contribution in [0.4, 0.5) is 0 Å². The molecule has 6 rings (SSSR count). The summed E-state index contributed by atoms with van der Waals surface area (Å²) < 4.78 is 11.2. The number of aryl methyl sites for hydroxylation is 1. The van der Waals surface area contributed by atoms with E-state index < -0.39 is 5.60 Å². The molecule has 11 nitrogen and oxygen atoms in total. The van der Waals surface area contributed by atoms with Gasteiger partial charge >= 0.3 is 0 Å². The molecule has 0 unspecified atom stereocenters. The molecule has 4 aromatic rings. The Morgan fingerprint density at radius 1 is 0.915 bits per heavy atom. The van der Waals surface area contributed by atoms with Gasteiger partial charge in [0.1, 0.15) is 17.0 Å². The van der Waals surface area contributed by atoms with Crippen LogP contribution in [0, 0.1) is 0 Å². The molecule has 47 heavy (non-hydrogen) atoms. The molecular formula is C34H36Cl2N6O5. The first kappa shape index (κ1) is 33.0. The number of carbonyl (C=O) groups is 1. The summed E-state index contributed by atoms with van der Waals surface area (Å²) in [7, 11) is 3.10. The van der Waals surface area contributed by atoms with Gasteiger partial charge in [-0.15, -0.1) is 0 Å². The van der Waals surface area contributed by atoms with Crippen LogP contribution in [-0.4, -0.2) is 86.5 Å². The fourth-order valence-electron chi connectivity index (χ4n) is 6.16. The lowest BCUT2D eigenvalue weighted by Crippen LogP contribution is -2.63. The Kier molecular flexibility index (Phi) is 9.90. The maximum Gasteiger partial charge on any atom is 0.237 e. The summed E-state index contributed by atoms with van der Waals surface area (Å²) in [4.78, 5) is 32.2. The van der Waals surface area contributed by atoms with Gasteiger partial charge in [0.2, 0.25) is 17.7 Å². The molecule has 2 aromatic heterocycles. The Hall–Kier alpha value is -3.87. The van der Waals surface area contributed by atoms with Gasteiger partial charge in [-0.05, 0) is 25.7 Å². The Morgan fingerprint density at radius 3 is 2.00 bits per heavy atom. The van der Waals surface area contributed by atoms with Gasteiger partial charge in [0.15, 0.2) is 0 Å². The maximum atomic E-state index is 11.5. The van der Waals surface area contributed by atoms with E-state index in [1.807, 2.05) is 41.3 Å². The van der Waals surface area contributed by atoms with Gasteiger partial charge in [0.25, 0.3) is 0 Å². The van der Waals surface area contributed by atoms with Crippen LogP contribution in [0.15, 0.2) is 48.8 Å². The number of nitrogens with zero attached hydrogens (tertiary/aromatic N) is 5. The summed E-state index contributed by atoms with van der Waals surface area (Å²) in [5, 5.41) is 23.4. The molecule has 1 atom stereocenters. The van der Waals surface area contributed by atoms with Gasteiger partial charge in [-0.3, -0.25) is 19.7 Å². The van der Waals surface area contributed by atoms with Gasteiger partial charge in [0, 0.05) is 54.4 Å². The van der Waals surface area contributed by atoms with E-state index in [9.17, 15) is 15.0 Å². The third-order valence-electron chi connectivity index (χ3n) is 8.60. The Labute approximate surface area is 282 Å². The van der Waals surface area contributed by atoms with Gasteiger partial charge in [-0.25, -0.2) is 9.97 Å². The van der Waals surface area contributed by atoms with E-state index in [-0.39, 0.29) is 18.6 Å². The van der Waals surface area contributed by atoms with Crippen molar-refractivity contribution in [3.63, 3.8) is 0 Å². The van der Waals surface area contributed by atoms with Crippen LogP contribution in [0.1, 0.15) is 37.1 Å². The lowest BCUT2D eigenvalue weighted by atomic mass is 9.95. The van der Waals surface area contributed by atoms with E-state index in [2.05, 4.69) is 15.3 Å². The number of β-amino-alcohol motifs (C(OH)–C–C–N with tert-alkyl or cyclic N) is 1. The van der Waals surface area contributed by atoms with Crippen LogP contribution in [0.25, 0.3) is 33.6 Å². The van der Waals surface area contributed by atoms with Crippen molar-refractivity contribution < 1.29 is 24.5 Å². The van der Waals surface area contributed by atoms with Crippen molar-refractivity contribution in [3.05, 3.63) is 70.2 Å². The molecule has 2 aliphatic rings. The van der Waals surface area contributed by atoms with Crippen molar-refractivity contribution in [2.24, 2.45) is 0 Å². The fourth-order valence-corrected chi connectivity index (χ4v) is 6.80. The van der Waals surface area contributed by atoms with E-state index in [0.29, 0.717) is 93.6 Å². The largest absolute Gasteiger partial charge is 0.480 e. The molecule has 0 radical (unpaired) electrons. The van der Waals surface area contributed by atoms with Crippen molar-refractivity contribution >= 4 is 29.1 Å². The number of carbonyl (C=O) groups excluding carboxylic acids is 1. The Morgan fingerprint density at radius 2 is 1.47 bits per heavy atom. The van der Waals surface area contributed by atoms with Gasteiger partial charge in [0.05, 0.1) is 54.7 Å². The SMILES string of the molecule is COc1nc(-c2cccc(-c3cccc(-c4cnc(CN5CC(O)(CO)C5)c(OC)n4)c3Cl)c2Cl)cnc1CCC[C@@H]1CCC(=O)N1. The summed E-state index contributed by atoms with van der Waals surface area (Å²) in [5.41, 5.74) is 4.15. The topological polar surface area (TPSA) is 143 Å². The number of halogens is 2. The number of aliphatic hydroxyl groups excluding tert-OH is 1. The van der Waals surface area contributed by atoms with Gasteiger partial charge in [-0.2, -0.15) is 0 Å². The van der Waals surface area contributed by atoms with Crippen LogP contribution < -0.4 is 14.8 Å². The first-order chi connectivity index (χ1) is 22.7. The second kappa shape index (κ2) is 14.1. The number of aliphatic hydroxyl groups is 2. The van der Waals surface area contributed by atoms with Crippen LogP contribution in [0.3, 0.4) is 0 Å². The lowest BCUT2D eigenvalue weighted by molar-refractivity contribution is -0.129. The van der Waals surface area contributed by atoms with E-state index in [1.54, 1.807) is 19.5 Å². The number of methoxy groups -OCH3 is 2. The Bertz CT molecular complexity index is 1780. The molecule has 0 saturated carbocycles. The Balaban J connectivity index is 1.23. The molecule has 2 fully saturated rings. The fraction of sp³-hybridized carbons (Fsp3) is 0.382. The molecule has 3 N–H and O–H groups in total. The minimum Gasteiger partial charge on any atom is -0.480 e. The number of ether oxygens (including phenoxy) is 2. The average molecular weight is 680 g/mol. The zero-order chi connectivity index (χ0) is 33.1. The first-order valence-corrected chi connectivity index (χ1v) is 16.2. The highest BCUT2D eigenvalue weighted by molar-refractivity contribution is 6.39. The standard InChI is InChI=1S/C34H36Cl2N6O5/c1-46-32-25(11-3-6-20-12-13-29(44)39-20)37-14-26(40-32)23-9-4-7-21(30(23)35)22-8-5-10-24(31(22)36)27-15-38-28(33(41-27)47-2)16-42-17-34(45,18-42)19-43/h4-5,7-10,14-15,20,43,45H,3,6,11-13,16-19H2,1-2H3,(H,39,44)/t20-/m1/s1. The zero-order valence-electron chi connectivity index (χ0n) is 26.2. The van der Waals surface area contributed by atoms with Crippen LogP contribution in [0.2, 0.25) is 10.0 Å². The molecule has 2 aliphatic heterocycles. The normalized spacial score (nSPS) is 17.3. The average Bonchev–Trinajstić information content (AvgIpc) is 3.49. The molecule has 0 aliphatic carbocycles. The minimum absolute atomic E-state index is 0.116. The van der Waals surface area contributed by atoms with Crippen molar-refractivity contribution in [1.82, 2.24) is 30.2 Å². The maximum absolute atomic E-state index is 11.5. The number of hydrogen-bond donors (Lipinski definition) is 3. The van der Waals surface area contributed by atoms with Crippen molar-refractivity contribution in [1.29, 1.82) is 0 Å². The predicted molar refractivity (Wildman–Crippen MR) is 178 cm³/mol. The third kappa shape index (κ3) is 7.05. The second-order valence-electron chi connectivity index (χ2n) is 12.0. The number of likely N-dealkylation sites (tertiary alicyclic amines) is 1.